The zero-order chi connectivity index (χ0) is 14.7. The van der Waals surface area contributed by atoms with Gasteiger partial charge in [-0.2, -0.15) is 0 Å². The zero-order valence-corrected chi connectivity index (χ0v) is 12.9. The summed E-state index contributed by atoms with van der Waals surface area (Å²) in [5.74, 6) is 2.13. The fraction of sp³-hybridized carbons (Fsp3) is 0.471. The summed E-state index contributed by atoms with van der Waals surface area (Å²) >= 11 is 0. The van der Waals surface area contributed by atoms with Crippen molar-refractivity contribution in [3.05, 3.63) is 47.0 Å². The third-order valence-corrected chi connectivity index (χ3v) is 3.95. The molecule has 0 aliphatic carbocycles. The molecule has 112 valence electrons. The number of hydrogen-bond acceptors (Lipinski definition) is 3. The molecule has 1 aliphatic rings. The Kier molecular flexibility index (Phi) is 4.25. The molecule has 21 heavy (non-hydrogen) atoms. The number of fused-ring (bicyclic) bond motifs is 1. The highest BCUT2D eigenvalue weighted by Crippen LogP contribution is 2.17. The van der Waals surface area contributed by atoms with Crippen LogP contribution in [0.1, 0.15) is 29.7 Å². The van der Waals surface area contributed by atoms with E-state index in [0.717, 1.165) is 38.2 Å². The van der Waals surface area contributed by atoms with E-state index >= 15 is 0 Å². The lowest BCUT2D eigenvalue weighted by molar-refractivity contribution is 0.294. The topological polar surface area (TPSA) is 39.1 Å². The summed E-state index contributed by atoms with van der Waals surface area (Å²) < 4.78 is 8.24. The van der Waals surface area contributed by atoms with Gasteiger partial charge in [-0.25, -0.2) is 4.98 Å². The molecule has 3 rings (SSSR count). The van der Waals surface area contributed by atoms with Crippen LogP contribution in [0, 0.1) is 6.92 Å². The molecule has 0 unspecified atom stereocenters. The van der Waals surface area contributed by atoms with Crippen molar-refractivity contribution >= 4 is 0 Å². The first-order valence-corrected chi connectivity index (χ1v) is 7.75. The first-order chi connectivity index (χ1) is 10.3. The van der Waals surface area contributed by atoms with Crippen LogP contribution >= 0.6 is 0 Å². The Balaban J connectivity index is 1.68. The summed E-state index contributed by atoms with van der Waals surface area (Å²) in [5, 5.41) is 3.39. The number of nitrogens with zero attached hydrogens (tertiary/aromatic N) is 2. The maximum Gasteiger partial charge on any atom is 0.119 e. The molecule has 2 aromatic rings. The molecule has 0 saturated carbocycles. The van der Waals surface area contributed by atoms with Gasteiger partial charge in [-0.3, -0.25) is 0 Å². The van der Waals surface area contributed by atoms with Crippen molar-refractivity contribution in [2.75, 3.05) is 13.2 Å². The van der Waals surface area contributed by atoms with E-state index < -0.39 is 0 Å². The SMILES string of the molecule is CCc1nc2c(n1CCOc1cccc(C)c1)CCNC2. The number of imidazole rings is 1. The molecular formula is C17H23N3O. The van der Waals surface area contributed by atoms with Crippen LogP contribution in [0.25, 0.3) is 0 Å². The van der Waals surface area contributed by atoms with Gasteiger partial charge >= 0.3 is 0 Å². The molecule has 0 atom stereocenters. The van der Waals surface area contributed by atoms with Gasteiger partial charge in [0, 0.05) is 31.6 Å². The number of ether oxygens (including phenoxy) is 1. The summed E-state index contributed by atoms with van der Waals surface area (Å²) in [6.45, 7) is 7.75. The normalized spacial score (nSPS) is 14.0. The molecule has 1 aliphatic heterocycles. The number of aryl methyl sites for hydroxylation is 2. The van der Waals surface area contributed by atoms with Crippen molar-refractivity contribution in [3.8, 4) is 5.75 Å². The second kappa shape index (κ2) is 6.31. The van der Waals surface area contributed by atoms with E-state index in [9.17, 15) is 0 Å². The zero-order valence-electron chi connectivity index (χ0n) is 12.9. The van der Waals surface area contributed by atoms with E-state index in [1.807, 2.05) is 12.1 Å². The Labute approximate surface area is 126 Å². The third kappa shape index (κ3) is 3.10. The van der Waals surface area contributed by atoms with Crippen LogP contribution in [-0.4, -0.2) is 22.7 Å². The first-order valence-electron chi connectivity index (χ1n) is 7.75. The average molecular weight is 285 g/mol. The van der Waals surface area contributed by atoms with Gasteiger partial charge in [0.05, 0.1) is 12.2 Å². The van der Waals surface area contributed by atoms with Crippen LogP contribution in [-0.2, 0) is 25.9 Å². The summed E-state index contributed by atoms with van der Waals surface area (Å²) in [6.07, 6.45) is 2.03. The van der Waals surface area contributed by atoms with Crippen molar-refractivity contribution in [2.24, 2.45) is 0 Å². The number of aromatic nitrogens is 2. The van der Waals surface area contributed by atoms with E-state index in [1.165, 1.54) is 22.8 Å². The predicted octanol–water partition coefficient (Wildman–Crippen LogP) is 2.48. The van der Waals surface area contributed by atoms with E-state index in [1.54, 1.807) is 0 Å². The van der Waals surface area contributed by atoms with Crippen LogP contribution in [0.15, 0.2) is 24.3 Å². The van der Waals surface area contributed by atoms with Crippen molar-refractivity contribution in [2.45, 2.75) is 39.8 Å². The predicted molar refractivity (Wildman–Crippen MR) is 83.7 cm³/mol. The van der Waals surface area contributed by atoms with Crippen molar-refractivity contribution in [3.63, 3.8) is 0 Å². The molecule has 2 heterocycles. The number of benzene rings is 1. The van der Waals surface area contributed by atoms with Gasteiger partial charge in [-0.1, -0.05) is 19.1 Å². The highest BCUT2D eigenvalue weighted by molar-refractivity contribution is 5.27. The second-order valence-corrected chi connectivity index (χ2v) is 5.52. The quantitative estimate of drug-likeness (QED) is 0.917. The Morgan fingerprint density at radius 1 is 1.38 bits per heavy atom. The molecule has 0 saturated heterocycles. The molecule has 0 fully saturated rings. The van der Waals surface area contributed by atoms with E-state index in [4.69, 9.17) is 9.72 Å². The minimum atomic E-state index is 0.687. The summed E-state index contributed by atoms with van der Waals surface area (Å²) in [5.41, 5.74) is 3.83. The molecule has 0 radical (unpaired) electrons. The minimum Gasteiger partial charge on any atom is -0.492 e. The van der Waals surface area contributed by atoms with Gasteiger partial charge in [0.15, 0.2) is 0 Å². The molecule has 1 N–H and O–H groups in total. The second-order valence-electron chi connectivity index (χ2n) is 5.52. The lowest BCUT2D eigenvalue weighted by atomic mass is 10.2. The highest BCUT2D eigenvalue weighted by atomic mass is 16.5. The van der Waals surface area contributed by atoms with Crippen LogP contribution in [0.2, 0.25) is 0 Å². The van der Waals surface area contributed by atoms with Crippen LogP contribution in [0.4, 0.5) is 0 Å². The monoisotopic (exact) mass is 285 g/mol. The average Bonchev–Trinajstić information content (AvgIpc) is 2.86. The van der Waals surface area contributed by atoms with Crippen molar-refractivity contribution in [1.82, 2.24) is 14.9 Å². The fourth-order valence-electron chi connectivity index (χ4n) is 2.92. The standard InChI is InChI=1S/C17H23N3O/c1-3-17-19-15-12-18-8-7-16(15)20(17)9-10-21-14-6-4-5-13(2)11-14/h4-6,11,18H,3,7-10,12H2,1-2H3. The Morgan fingerprint density at radius 2 is 2.29 bits per heavy atom. The van der Waals surface area contributed by atoms with Gasteiger partial charge in [0.25, 0.3) is 0 Å². The van der Waals surface area contributed by atoms with Crippen molar-refractivity contribution < 1.29 is 4.74 Å². The summed E-state index contributed by atoms with van der Waals surface area (Å²) in [6, 6.07) is 8.21. The number of rotatable bonds is 5. The molecule has 4 heteroatoms. The summed E-state index contributed by atoms with van der Waals surface area (Å²) in [4.78, 5) is 4.75. The highest BCUT2D eigenvalue weighted by Gasteiger charge is 2.18. The maximum atomic E-state index is 5.89. The van der Waals surface area contributed by atoms with Gasteiger partial charge in [0.1, 0.15) is 18.2 Å². The largest absolute Gasteiger partial charge is 0.492 e. The Morgan fingerprint density at radius 3 is 3.10 bits per heavy atom. The van der Waals surface area contributed by atoms with Crippen LogP contribution in [0.3, 0.4) is 0 Å². The molecule has 1 aromatic heterocycles. The minimum absolute atomic E-state index is 0.687. The number of hydrogen-bond donors (Lipinski definition) is 1. The smallest absolute Gasteiger partial charge is 0.119 e. The fourth-order valence-corrected chi connectivity index (χ4v) is 2.92. The molecule has 0 amide bonds. The summed E-state index contributed by atoms with van der Waals surface area (Å²) in [7, 11) is 0. The van der Waals surface area contributed by atoms with Crippen LogP contribution < -0.4 is 10.1 Å². The molecule has 0 spiro atoms. The van der Waals surface area contributed by atoms with Crippen molar-refractivity contribution in [1.29, 1.82) is 0 Å². The molecule has 4 nitrogen and oxygen atoms in total. The van der Waals surface area contributed by atoms with E-state index in [2.05, 4.69) is 35.9 Å². The van der Waals surface area contributed by atoms with Gasteiger partial charge in [-0.15, -0.1) is 0 Å². The lowest BCUT2D eigenvalue weighted by Crippen LogP contribution is -2.25. The Hall–Kier alpha value is -1.81. The Bertz CT molecular complexity index is 618. The van der Waals surface area contributed by atoms with E-state index in [0.29, 0.717) is 6.61 Å². The molecule has 0 bridgehead atoms. The van der Waals surface area contributed by atoms with E-state index in [-0.39, 0.29) is 0 Å². The van der Waals surface area contributed by atoms with Gasteiger partial charge in [0.2, 0.25) is 0 Å². The third-order valence-electron chi connectivity index (χ3n) is 3.95. The number of nitrogens with one attached hydrogen (secondary N) is 1. The van der Waals surface area contributed by atoms with Gasteiger partial charge < -0.3 is 14.6 Å². The maximum absolute atomic E-state index is 5.89. The lowest BCUT2D eigenvalue weighted by Gasteiger charge is -2.16. The van der Waals surface area contributed by atoms with Crippen LogP contribution in [0.5, 0.6) is 5.75 Å². The molecule has 1 aromatic carbocycles. The molecular weight excluding hydrogens is 262 g/mol. The first kappa shape index (κ1) is 14.1. The van der Waals surface area contributed by atoms with Gasteiger partial charge in [-0.05, 0) is 24.6 Å².